The molecule has 0 aliphatic carbocycles. The van der Waals surface area contributed by atoms with Gasteiger partial charge in [0.05, 0.1) is 21.8 Å². The molecule has 0 saturated carbocycles. The molecule has 0 atom stereocenters. The van der Waals surface area contributed by atoms with Gasteiger partial charge in [0, 0.05) is 11.8 Å². The minimum absolute atomic E-state index is 0.131. The SMILES string of the molecule is Cc1nc2cccnc2c(Cl)c1C(=O)c1ccccc1. The Morgan fingerprint density at radius 3 is 2.60 bits per heavy atom. The Kier molecular flexibility index (Phi) is 3.20. The Balaban J connectivity index is 2.24. The highest BCUT2D eigenvalue weighted by atomic mass is 35.5. The molecular formula is C16H11ClN2O. The Morgan fingerprint density at radius 2 is 1.85 bits per heavy atom. The maximum Gasteiger partial charge on any atom is 0.196 e. The number of carbonyl (C=O) groups excluding carboxylic acids is 1. The molecule has 0 aliphatic rings. The topological polar surface area (TPSA) is 42.9 Å². The largest absolute Gasteiger partial charge is 0.288 e. The van der Waals surface area contributed by atoms with Crippen LogP contribution in [0.5, 0.6) is 0 Å². The van der Waals surface area contributed by atoms with Gasteiger partial charge in [0.25, 0.3) is 0 Å². The fourth-order valence-corrected chi connectivity index (χ4v) is 2.54. The predicted octanol–water partition coefficient (Wildman–Crippen LogP) is 3.82. The van der Waals surface area contributed by atoms with Gasteiger partial charge in [0.2, 0.25) is 0 Å². The normalized spacial score (nSPS) is 10.7. The predicted molar refractivity (Wildman–Crippen MR) is 79.2 cm³/mol. The van der Waals surface area contributed by atoms with Crippen LogP contribution in [0.15, 0.2) is 48.7 Å². The van der Waals surface area contributed by atoms with E-state index >= 15 is 0 Å². The first-order valence-corrected chi connectivity index (χ1v) is 6.57. The van der Waals surface area contributed by atoms with E-state index < -0.39 is 0 Å². The van der Waals surface area contributed by atoms with Crippen molar-refractivity contribution >= 4 is 28.4 Å². The second-order valence-corrected chi connectivity index (χ2v) is 4.83. The summed E-state index contributed by atoms with van der Waals surface area (Å²) in [6.45, 7) is 1.79. The van der Waals surface area contributed by atoms with Crippen LogP contribution in [0.4, 0.5) is 0 Å². The summed E-state index contributed by atoms with van der Waals surface area (Å²) in [6, 6.07) is 12.7. The van der Waals surface area contributed by atoms with Crippen molar-refractivity contribution in [1.82, 2.24) is 9.97 Å². The summed E-state index contributed by atoms with van der Waals surface area (Å²) in [5, 5.41) is 0.363. The van der Waals surface area contributed by atoms with E-state index in [2.05, 4.69) is 9.97 Å². The molecule has 0 radical (unpaired) electrons. The Labute approximate surface area is 121 Å². The van der Waals surface area contributed by atoms with E-state index in [1.54, 1.807) is 31.3 Å². The van der Waals surface area contributed by atoms with Gasteiger partial charge in [-0.05, 0) is 19.1 Å². The molecule has 0 N–H and O–H groups in total. The molecule has 0 amide bonds. The van der Waals surface area contributed by atoms with Gasteiger partial charge >= 0.3 is 0 Å². The van der Waals surface area contributed by atoms with Crippen LogP contribution in [0.3, 0.4) is 0 Å². The van der Waals surface area contributed by atoms with Crippen LogP contribution in [0, 0.1) is 6.92 Å². The molecule has 0 aliphatic heterocycles. The van der Waals surface area contributed by atoms with Crippen molar-refractivity contribution in [1.29, 1.82) is 0 Å². The third-order valence-electron chi connectivity index (χ3n) is 3.13. The molecule has 0 saturated heterocycles. The molecule has 3 nitrogen and oxygen atoms in total. The minimum atomic E-state index is -0.131. The van der Waals surface area contributed by atoms with E-state index in [1.165, 1.54) is 0 Å². The number of aromatic nitrogens is 2. The van der Waals surface area contributed by atoms with Gasteiger partial charge in [0.1, 0.15) is 5.52 Å². The van der Waals surface area contributed by atoms with E-state index in [0.717, 1.165) is 0 Å². The lowest BCUT2D eigenvalue weighted by atomic mass is 10.0. The monoisotopic (exact) mass is 282 g/mol. The molecular weight excluding hydrogens is 272 g/mol. The molecule has 3 rings (SSSR count). The second-order valence-electron chi connectivity index (χ2n) is 4.45. The fourth-order valence-electron chi connectivity index (χ4n) is 2.17. The molecule has 1 aromatic carbocycles. The van der Waals surface area contributed by atoms with E-state index in [0.29, 0.717) is 32.9 Å². The number of ketones is 1. The number of carbonyl (C=O) groups is 1. The lowest BCUT2D eigenvalue weighted by Gasteiger charge is -2.09. The number of pyridine rings is 2. The molecule has 0 spiro atoms. The third-order valence-corrected chi connectivity index (χ3v) is 3.49. The van der Waals surface area contributed by atoms with Crippen molar-refractivity contribution in [2.45, 2.75) is 6.92 Å². The van der Waals surface area contributed by atoms with Crippen LogP contribution in [-0.4, -0.2) is 15.8 Å². The molecule has 20 heavy (non-hydrogen) atoms. The summed E-state index contributed by atoms with van der Waals surface area (Å²) in [4.78, 5) is 21.2. The van der Waals surface area contributed by atoms with Gasteiger partial charge in [0.15, 0.2) is 5.78 Å². The van der Waals surface area contributed by atoms with Gasteiger partial charge in [-0.3, -0.25) is 14.8 Å². The summed E-state index contributed by atoms with van der Waals surface area (Å²) in [7, 11) is 0. The molecule has 0 bridgehead atoms. The summed E-state index contributed by atoms with van der Waals surface area (Å²) >= 11 is 6.37. The average Bonchev–Trinajstić information content (AvgIpc) is 2.48. The quantitative estimate of drug-likeness (QED) is 0.671. The fraction of sp³-hybridized carbons (Fsp3) is 0.0625. The summed E-state index contributed by atoms with van der Waals surface area (Å²) in [6.07, 6.45) is 1.64. The van der Waals surface area contributed by atoms with Crippen LogP contribution >= 0.6 is 11.6 Å². The van der Waals surface area contributed by atoms with Crippen LogP contribution in [0.25, 0.3) is 11.0 Å². The standard InChI is InChI=1S/C16H11ClN2O/c1-10-13(16(20)11-6-3-2-4-7-11)14(17)15-12(19-10)8-5-9-18-15/h2-9H,1H3. The van der Waals surface area contributed by atoms with E-state index in [4.69, 9.17) is 11.6 Å². The van der Waals surface area contributed by atoms with E-state index in [-0.39, 0.29) is 5.78 Å². The van der Waals surface area contributed by atoms with Gasteiger partial charge in [-0.1, -0.05) is 41.9 Å². The second kappa shape index (κ2) is 5.02. The van der Waals surface area contributed by atoms with Gasteiger partial charge in [-0.2, -0.15) is 0 Å². The summed E-state index contributed by atoms with van der Waals surface area (Å²) in [5.74, 6) is -0.131. The summed E-state index contributed by atoms with van der Waals surface area (Å²) in [5.41, 5.74) is 2.88. The number of rotatable bonds is 2. The zero-order valence-corrected chi connectivity index (χ0v) is 11.6. The zero-order chi connectivity index (χ0) is 14.1. The van der Waals surface area contributed by atoms with Gasteiger partial charge < -0.3 is 0 Å². The molecule has 2 aromatic heterocycles. The van der Waals surface area contributed by atoms with Crippen molar-refractivity contribution in [3.8, 4) is 0 Å². The number of nitrogens with zero attached hydrogens (tertiary/aromatic N) is 2. The maximum atomic E-state index is 12.6. The Morgan fingerprint density at radius 1 is 1.10 bits per heavy atom. The van der Waals surface area contributed by atoms with Crippen molar-refractivity contribution < 1.29 is 4.79 Å². The molecule has 0 unspecified atom stereocenters. The number of benzene rings is 1. The summed E-state index contributed by atoms with van der Waals surface area (Å²) < 4.78 is 0. The lowest BCUT2D eigenvalue weighted by molar-refractivity contribution is 0.103. The number of hydrogen-bond donors (Lipinski definition) is 0. The zero-order valence-electron chi connectivity index (χ0n) is 10.8. The van der Waals surface area contributed by atoms with Crippen LogP contribution in [-0.2, 0) is 0 Å². The van der Waals surface area contributed by atoms with Gasteiger partial charge in [-0.15, -0.1) is 0 Å². The van der Waals surface area contributed by atoms with Crippen LogP contribution in [0.2, 0.25) is 5.02 Å². The third kappa shape index (κ3) is 2.06. The molecule has 2 heterocycles. The van der Waals surface area contributed by atoms with Crippen molar-refractivity contribution in [2.24, 2.45) is 0 Å². The highest BCUT2D eigenvalue weighted by molar-refractivity contribution is 6.39. The highest BCUT2D eigenvalue weighted by Crippen LogP contribution is 2.28. The van der Waals surface area contributed by atoms with Crippen LogP contribution in [0.1, 0.15) is 21.6 Å². The van der Waals surface area contributed by atoms with E-state index in [9.17, 15) is 4.79 Å². The lowest BCUT2D eigenvalue weighted by Crippen LogP contribution is -2.07. The smallest absolute Gasteiger partial charge is 0.196 e. The number of aryl methyl sites for hydroxylation is 1. The minimum Gasteiger partial charge on any atom is -0.288 e. The number of halogens is 1. The Bertz CT molecular complexity index is 800. The first-order valence-electron chi connectivity index (χ1n) is 6.19. The number of fused-ring (bicyclic) bond motifs is 1. The first-order chi connectivity index (χ1) is 9.68. The Hall–Kier alpha value is -2.26. The van der Waals surface area contributed by atoms with Crippen LogP contribution < -0.4 is 0 Å². The first kappa shape index (κ1) is 12.8. The van der Waals surface area contributed by atoms with Crippen molar-refractivity contribution in [3.63, 3.8) is 0 Å². The maximum absolute atomic E-state index is 12.6. The highest BCUT2D eigenvalue weighted by Gasteiger charge is 2.19. The van der Waals surface area contributed by atoms with Crippen molar-refractivity contribution in [3.05, 3.63) is 70.5 Å². The van der Waals surface area contributed by atoms with Crippen molar-refractivity contribution in [2.75, 3.05) is 0 Å². The molecule has 0 fully saturated rings. The van der Waals surface area contributed by atoms with E-state index in [1.807, 2.05) is 24.3 Å². The molecule has 98 valence electrons. The number of hydrogen-bond acceptors (Lipinski definition) is 3. The van der Waals surface area contributed by atoms with Gasteiger partial charge in [-0.25, -0.2) is 0 Å². The molecule has 3 aromatic rings. The molecule has 4 heteroatoms. The average molecular weight is 283 g/mol.